The van der Waals surface area contributed by atoms with E-state index in [2.05, 4.69) is 15.6 Å². The van der Waals surface area contributed by atoms with Gasteiger partial charge in [0, 0.05) is 22.1 Å². The summed E-state index contributed by atoms with van der Waals surface area (Å²) in [5, 5.41) is 25.3. The molecule has 0 aliphatic carbocycles. The number of pyridine rings is 1. The Balaban J connectivity index is 1.60. The number of carbonyl (C=O) groups is 1. The number of nitrogens with zero attached hydrogens (tertiary/aromatic N) is 2. The summed E-state index contributed by atoms with van der Waals surface area (Å²) in [5.41, 5.74) is 9.68. The zero-order valence-corrected chi connectivity index (χ0v) is 14.6. The summed E-state index contributed by atoms with van der Waals surface area (Å²) in [7, 11) is 0. The molecule has 0 saturated carbocycles. The van der Waals surface area contributed by atoms with Gasteiger partial charge in [-0.25, -0.2) is 9.78 Å². The van der Waals surface area contributed by atoms with Crippen molar-refractivity contribution in [2.45, 2.75) is 0 Å². The van der Waals surface area contributed by atoms with Gasteiger partial charge in [-0.3, -0.25) is 0 Å². The van der Waals surface area contributed by atoms with Crippen molar-refractivity contribution >= 4 is 44.9 Å². The van der Waals surface area contributed by atoms with Crippen LogP contribution in [0.4, 0.5) is 21.9 Å². The number of carbonyl (C=O) groups excluding carboxylic acids is 1. The summed E-state index contributed by atoms with van der Waals surface area (Å²) in [6.45, 7) is 0. The number of aromatic nitrogens is 1. The monoisotopic (exact) mass is 369 g/mol. The van der Waals surface area contributed by atoms with Crippen LogP contribution in [0.5, 0.6) is 5.75 Å². The topological polar surface area (TPSA) is 124 Å². The number of nitrogens with one attached hydrogen (secondary N) is 2. The molecular weight excluding hydrogens is 354 g/mol. The third-order valence-corrected chi connectivity index (χ3v) is 4.33. The highest BCUT2D eigenvalue weighted by molar-refractivity contribution is 6.08. The van der Waals surface area contributed by atoms with Crippen LogP contribution in [0, 0.1) is 11.3 Å². The Morgan fingerprint density at radius 1 is 0.929 bits per heavy atom. The lowest BCUT2D eigenvalue weighted by Crippen LogP contribution is -2.19. The first kappa shape index (κ1) is 17.1. The second kappa shape index (κ2) is 6.78. The molecule has 2 amide bonds. The largest absolute Gasteiger partial charge is 0.508 e. The molecule has 0 radical (unpaired) electrons. The van der Waals surface area contributed by atoms with E-state index in [0.29, 0.717) is 39.0 Å². The highest BCUT2D eigenvalue weighted by atomic mass is 16.3. The molecule has 0 bridgehead atoms. The number of benzene rings is 3. The molecule has 0 aliphatic rings. The van der Waals surface area contributed by atoms with Gasteiger partial charge in [-0.15, -0.1) is 0 Å². The van der Waals surface area contributed by atoms with Crippen molar-refractivity contribution in [2.24, 2.45) is 0 Å². The van der Waals surface area contributed by atoms with Gasteiger partial charge in [-0.1, -0.05) is 0 Å². The second-order valence-corrected chi connectivity index (χ2v) is 6.23. The number of nitrogen functional groups attached to an aromatic ring is 1. The number of hydrogen-bond acceptors (Lipinski definition) is 5. The fourth-order valence-electron chi connectivity index (χ4n) is 2.96. The first-order valence-electron chi connectivity index (χ1n) is 8.43. The summed E-state index contributed by atoms with van der Waals surface area (Å²) < 4.78 is 0. The van der Waals surface area contributed by atoms with E-state index in [1.54, 1.807) is 60.7 Å². The maximum Gasteiger partial charge on any atom is 0.323 e. The molecule has 0 spiro atoms. The first-order valence-corrected chi connectivity index (χ1v) is 8.43. The number of nitriles is 1. The number of rotatable bonds is 2. The van der Waals surface area contributed by atoms with Crippen LogP contribution >= 0.6 is 0 Å². The molecule has 7 heteroatoms. The number of amides is 2. The Morgan fingerprint density at radius 3 is 2.39 bits per heavy atom. The van der Waals surface area contributed by atoms with E-state index in [0.717, 1.165) is 5.39 Å². The predicted molar refractivity (Wildman–Crippen MR) is 109 cm³/mol. The Morgan fingerprint density at radius 2 is 1.64 bits per heavy atom. The maximum atomic E-state index is 12.2. The molecule has 3 aromatic carbocycles. The Labute approximate surface area is 160 Å². The normalized spacial score (nSPS) is 10.5. The predicted octanol–water partition coefficient (Wildman–Crippen LogP) is 4.19. The van der Waals surface area contributed by atoms with Crippen LogP contribution in [0.25, 0.3) is 21.8 Å². The third-order valence-electron chi connectivity index (χ3n) is 4.33. The number of fused-ring (bicyclic) bond motifs is 2. The van der Waals surface area contributed by atoms with Crippen LogP contribution < -0.4 is 16.4 Å². The average Bonchev–Trinajstić information content (AvgIpc) is 2.69. The summed E-state index contributed by atoms with van der Waals surface area (Å²) in [6.07, 6.45) is 0. The standard InChI is InChI=1S/C21H15N5O2/c22-11-12-1-3-13(4-2-12)24-21(28)25-14-5-7-16-19(9-14)26-18-8-6-15(27)10-17(18)20(16)23/h1-10,27H,(H2,23,26)(H2,24,25,28). The average molecular weight is 369 g/mol. The summed E-state index contributed by atoms with van der Waals surface area (Å²) in [5.74, 6) is 0.123. The van der Waals surface area contributed by atoms with Gasteiger partial charge in [0.15, 0.2) is 0 Å². The lowest BCUT2D eigenvalue weighted by molar-refractivity contribution is 0.262. The van der Waals surface area contributed by atoms with E-state index in [-0.39, 0.29) is 5.75 Å². The zero-order chi connectivity index (χ0) is 19.7. The number of aromatic hydroxyl groups is 1. The molecule has 0 fully saturated rings. The third kappa shape index (κ3) is 3.22. The minimum absolute atomic E-state index is 0.123. The SMILES string of the molecule is N#Cc1ccc(NC(=O)Nc2ccc3c(N)c4cc(O)ccc4nc3c2)cc1. The van der Waals surface area contributed by atoms with Gasteiger partial charge in [0.1, 0.15) is 5.75 Å². The van der Waals surface area contributed by atoms with Gasteiger partial charge >= 0.3 is 6.03 Å². The molecule has 4 aromatic rings. The molecule has 0 aliphatic heterocycles. The molecule has 1 heterocycles. The fraction of sp³-hybridized carbons (Fsp3) is 0. The molecule has 136 valence electrons. The van der Waals surface area contributed by atoms with Crippen molar-refractivity contribution in [3.8, 4) is 11.8 Å². The first-order chi connectivity index (χ1) is 13.5. The minimum atomic E-state index is -0.414. The molecule has 0 saturated heterocycles. The molecule has 5 N–H and O–H groups in total. The molecular formula is C21H15N5O2. The molecule has 28 heavy (non-hydrogen) atoms. The fourth-order valence-corrected chi connectivity index (χ4v) is 2.96. The van der Waals surface area contributed by atoms with E-state index in [1.807, 2.05) is 6.07 Å². The van der Waals surface area contributed by atoms with E-state index in [1.165, 1.54) is 0 Å². The number of hydrogen-bond donors (Lipinski definition) is 4. The van der Waals surface area contributed by atoms with Crippen molar-refractivity contribution in [1.29, 1.82) is 5.26 Å². The maximum absolute atomic E-state index is 12.2. The van der Waals surface area contributed by atoms with Crippen LogP contribution in [0.2, 0.25) is 0 Å². The molecule has 0 atom stereocenters. The highest BCUT2D eigenvalue weighted by Gasteiger charge is 2.09. The second-order valence-electron chi connectivity index (χ2n) is 6.23. The Kier molecular flexibility index (Phi) is 4.14. The molecule has 1 aromatic heterocycles. The molecule has 7 nitrogen and oxygen atoms in total. The van der Waals surface area contributed by atoms with Gasteiger partial charge in [-0.2, -0.15) is 5.26 Å². The molecule has 4 rings (SSSR count). The minimum Gasteiger partial charge on any atom is -0.508 e. The Bertz CT molecular complexity index is 1260. The van der Waals surface area contributed by atoms with E-state index < -0.39 is 6.03 Å². The summed E-state index contributed by atoms with van der Waals surface area (Å²) in [4.78, 5) is 16.8. The van der Waals surface area contributed by atoms with Gasteiger partial charge < -0.3 is 21.5 Å². The zero-order valence-electron chi connectivity index (χ0n) is 14.6. The lowest BCUT2D eigenvalue weighted by Gasteiger charge is -2.11. The quantitative estimate of drug-likeness (QED) is 0.394. The van der Waals surface area contributed by atoms with Gasteiger partial charge in [0.2, 0.25) is 0 Å². The number of phenols is 1. The van der Waals surface area contributed by atoms with Gasteiger partial charge in [-0.05, 0) is 60.7 Å². The number of phenolic OH excluding ortho intramolecular Hbond substituents is 1. The van der Waals surface area contributed by atoms with E-state index in [9.17, 15) is 9.90 Å². The van der Waals surface area contributed by atoms with Crippen molar-refractivity contribution in [2.75, 3.05) is 16.4 Å². The molecule has 0 unspecified atom stereocenters. The van der Waals surface area contributed by atoms with Crippen molar-refractivity contribution in [1.82, 2.24) is 4.98 Å². The van der Waals surface area contributed by atoms with Crippen LogP contribution in [0.3, 0.4) is 0 Å². The smallest absolute Gasteiger partial charge is 0.323 e. The highest BCUT2D eigenvalue weighted by Crippen LogP contribution is 2.31. The van der Waals surface area contributed by atoms with E-state index in [4.69, 9.17) is 11.0 Å². The van der Waals surface area contributed by atoms with Crippen LogP contribution in [0.15, 0.2) is 60.7 Å². The van der Waals surface area contributed by atoms with Crippen LogP contribution in [0.1, 0.15) is 5.56 Å². The summed E-state index contributed by atoms with van der Waals surface area (Å²) >= 11 is 0. The summed E-state index contributed by atoms with van der Waals surface area (Å²) in [6, 6.07) is 18.2. The van der Waals surface area contributed by atoms with Gasteiger partial charge in [0.25, 0.3) is 0 Å². The van der Waals surface area contributed by atoms with Crippen molar-refractivity contribution in [3.05, 3.63) is 66.2 Å². The number of urea groups is 1. The van der Waals surface area contributed by atoms with Gasteiger partial charge in [0.05, 0.1) is 28.4 Å². The van der Waals surface area contributed by atoms with Crippen LogP contribution in [-0.4, -0.2) is 16.1 Å². The van der Waals surface area contributed by atoms with E-state index >= 15 is 0 Å². The van der Waals surface area contributed by atoms with Crippen molar-refractivity contribution < 1.29 is 9.90 Å². The van der Waals surface area contributed by atoms with Crippen LogP contribution in [-0.2, 0) is 0 Å². The number of anilines is 3. The number of nitrogens with two attached hydrogens (primary N) is 1. The van der Waals surface area contributed by atoms with Crippen molar-refractivity contribution in [3.63, 3.8) is 0 Å². The Hall–Kier alpha value is -4.31. The lowest BCUT2D eigenvalue weighted by atomic mass is 10.1.